The molecule has 3 heterocycles. The summed E-state index contributed by atoms with van der Waals surface area (Å²) < 4.78 is 45.4. The van der Waals surface area contributed by atoms with Crippen molar-refractivity contribution in [2.45, 2.75) is 51.6 Å². The number of fused-ring (bicyclic) bond motifs is 1. The molecule has 1 aliphatic heterocycles. The Morgan fingerprint density at radius 1 is 1.36 bits per heavy atom. The van der Waals surface area contributed by atoms with Gasteiger partial charge in [0.05, 0.1) is 16.6 Å². The largest absolute Gasteiger partial charge is 0.417 e. The molecular formula is C17H20F3N3O2. The first-order valence-corrected chi connectivity index (χ1v) is 8.43. The van der Waals surface area contributed by atoms with Gasteiger partial charge in [0.1, 0.15) is 0 Å². The normalized spacial score (nSPS) is 16.6. The molecule has 2 aromatic heterocycles. The summed E-state index contributed by atoms with van der Waals surface area (Å²) in [5, 5.41) is 3.85. The van der Waals surface area contributed by atoms with Gasteiger partial charge in [0.2, 0.25) is 5.91 Å². The fourth-order valence-corrected chi connectivity index (χ4v) is 3.37. The summed E-state index contributed by atoms with van der Waals surface area (Å²) in [6.45, 7) is 4.49. The third kappa shape index (κ3) is 3.48. The van der Waals surface area contributed by atoms with E-state index in [-0.39, 0.29) is 28.6 Å². The Bertz CT molecular complexity index is 777. The van der Waals surface area contributed by atoms with Crippen molar-refractivity contribution >= 4 is 17.0 Å². The van der Waals surface area contributed by atoms with Crippen LogP contribution in [0.15, 0.2) is 10.6 Å². The van der Waals surface area contributed by atoms with Crippen LogP contribution >= 0.6 is 0 Å². The summed E-state index contributed by atoms with van der Waals surface area (Å²) in [6.07, 6.45) is -2.07. The van der Waals surface area contributed by atoms with Crippen LogP contribution in [0.5, 0.6) is 0 Å². The van der Waals surface area contributed by atoms with Crippen molar-refractivity contribution in [1.82, 2.24) is 15.0 Å². The van der Waals surface area contributed by atoms with Crippen LogP contribution in [0.1, 0.15) is 55.5 Å². The van der Waals surface area contributed by atoms with Crippen LogP contribution in [0.2, 0.25) is 0 Å². The van der Waals surface area contributed by atoms with E-state index in [0.717, 1.165) is 12.5 Å². The second-order valence-corrected chi connectivity index (χ2v) is 6.46. The van der Waals surface area contributed by atoms with Gasteiger partial charge in [-0.25, -0.2) is 4.98 Å². The molecule has 1 aliphatic rings. The molecule has 136 valence electrons. The molecule has 25 heavy (non-hydrogen) atoms. The Kier molecular flexibility index (Phi) is 4.71. The SMILES string of the molecule is CCCC(=O)N1CCC(c2noc3nc(C)cc(C(F)(F)F)c23)CC1. The second kappa shape index (κ2) is 6.65. The summed E-state index contributed by atoms with van der Waals surface area (Å²) in [6, 6.07) is 1.03. The van der Waals surface area contributed by atoms with E-state index in [4.69, 9.17) is 4.52 Å². The number of nitrogens with zero attached hydrogens (tertiary/aromatic N) is 3. The van der Waals surface area contributed by atoms with E-state index in [9.17, 15) is 18.0 Å². The molecule has 0 bridgehead atoms. The van der Waals surface area contributed by atoms with Crippen LogP contribution < -0.4 is 0 Å². The molecule has 0 unspecified atom stereocenters. The Morgan fingerprint density at radius 2 is 2.04 bits per heavy atom. The number of pyridine rings is 1. The van der Waals surface area contributed by atoms with E-state index >= 15 is 0 Å². The first-order valence-electron chi connectivity index (χ1n) is 8.43. The molecule has 2 aromatic rings. The van der Waals surface area contributed by atoms with Crippen molar-refractivity contribution in [1.29, 1.82) is 0 Å². The Morgan fingerprint density at radius 3 is 2.64 bits per heavy atom. The van der Waals surface area contributed by atoms with Crippen molar-refractivity contribution in [2.75, 3.05) is 13.1 Å². The van der Waals surface area contributed by atoms with Gasteiger partial charge in [0.15, 0.2) is 0 Å². The topological polar surface area (TPSA) is 59.2 Å². The number of alkyl halides is 3. The highest BCUT2D eigenvalue weighted by Crippen LogP contribution is 2.40. The molecule has 0 radical (unpaired) electrons. The minimum atomic E-state index is -4.50. The van der Waals surface area contributed by atoms with E-state index in [2.05, 4.69) is 10.1 Å². The van der Waals surface area contributed by atoms with Crippen molar-refractivity contribution in [2.24, 2.45) is 0 Å². The fraction of sp³-hybridized carbons (Fsp3) is 0.588. The standard InChI is InChI=1S/C17H20F3N3O2/c1-3-4-13(24)23-7-5-11(6-8-23)15-14-12(17(18,19)20)9-10(2)21-16(14)25-22-15/h9,11H,3-8H2,1-2H3. The lowest BCUT2D eigenvalue weighted by atomic mass is 9.90. The number of likely N-dealkylation sites (tertiary alicyclic amines) is 1. The highest BCUT2D eigenvalue weighted by molar-refractivity contribution is 5.81. The van der Waals surface area contributed by atoms with Gasteiger partial charge < -0.3 is 9.42 Å². The van der Waals surface area contributed by atoms with E-state index in [1.165, 1.54) is 6.92 Å². The van der Waals surface area contributed by atoms with E-state index < -0.39 is 11.7 Å². The molecular weight excluding hydrogens is 335 g/mol. The lowest BCUT2D eigenvalue weighted by molar-refractivity contribution is -0.136. The molecule has 0 aliphatic carbocycles. The molecule has 0 atom stereocenters. The van der Waals surface area contributed by atoms with Gasteiger partial charge in [-0.3, -0.25) is 4.79 Å². The molecule has 8 heteroatoms. The molecule has 0 saturated carbocycles. The molecule has 0 spiro atoms. The lowest BCUT2D eigenvalue weighted by Gasteiger charge is -2.31. The van der Waals surface area contributed by atoms with E-state index in [1.807, 2.05) is 6.92 Å². The first kappa shape index (κ1) is 17.7. The predicted molar refractivity (Wildman–Crippen MR) is 85.0 cm³/mol. The highest BCUT2D eigenvalue weighted by Gasteiger charge is 2.37. The maximum absolute atomic E-state index is 13.4. The van der Waals surface area contributed by atoms with Crippen LogP contribution in [-0.4, -0.2) is 34.0 Å². The lowest BCUT2D eigenvalue weighted by Crippen LogP contribution is -2.37. The number of halogens is 3. The Balaban J connectivity index is 1.89. The zero-order chi connectivity index (χ0) is 18.2. The number of amides is 1. The van der Waals surface area contributed by atoms with Gasteiger partial charge >= 0.3 is 6.18 Å². The van der Waals surface area contributed by atoms with Gasteiger partial charge in [-0.1, -0.05) is 12.1 Å². The van der Waals surface area contributed by atoms with Gasteiger partial charge in [-0.2, -0.15) is 13.2 Å². The van der Waals surface area contributed by atoms with Crippen molar-refractivity contribution in [3.8, 4) is 0 Å². The number of hydrogen-bond acceptors (Lipinski definition) is 4. The summed E-state index contributed by atoms with van der Waals surface area (Å²) in [5.74, 6) is -0.0724. The van der Waals surface area contributed by atoms with Crippen molar-refractivity contribution < 1.29 is 22.5 Å². The molecule has 5 nitrogen and oxygen atoms in total. The van der Waals surface area contributed by atoms with E-state index in [1.54, 1.807) is 4.90 Å². The number of aryl methyl sites for hydroxylation is 1. The average molecular weight is 355 g/mol. The van der Waals surface area contributed by atoms with Crippen molar-refractivity contribution in [3.63, 3.8) is 0 Å². The summed E-state index contributed by atoms with van der Waals surface area (Å²) in [7, 11) is 0. The first-order chi connectivity index (χ1) is 11.8. The number of hydrogen-bond donors (Lipinski definition) is 0. The zero-order valence-corrected chi connectivity index (χ0v) is 14.2. The summed E-state index contributed by atoms with van der Waals surface area (Å²) in [4.78, 5) is 17.8. The number of carbonyl (C=O) groups is 1. The number of rotatable bonds is 3. The molecule has 1 saturated heterocycles. The van der Waals surface area contributed by atoms with Crippen LogP contribution in [0.25, 0.3) is 11.1 Å². The minimum Gasteiger partial charge on any atom is -0.343 e. The summed E-state index contributed by atoms with van der Waals surface area (Å²) >= 11 is 0. The zero-order valence-electron chi connectivity index (χ0n) is 14.2. The predicted octanol–water partition coefficient (Wildman–Crippen LogP) is 4.06. The average Bonchev–Trinajstić information content (AvgIpc) is 2.97. The van der Waals surface area contributed by atoms with Gasteiger partial charge in [-0.15, -0.1) is 0 Å². The maximum atomic E-state index is 13.4. The molecule has 3 rings (SSSR count). The van der Waals surface area contributed by atoms with Crippen LogP contribution in [0.3, 0.4) is 0 Å². The minimum absolute atomic E-state index is 0.0450. The third-order valence-electron chi connectivity index (χ3n) is 4.60. The number of aromatic nitrogens is 2. The molecule has 0 aromatic carbocycles. The quantitative estimate of drug-likeness (QED) is 0.833. The second-order valence-electron chi connectivity index (χ2n) is 6.46. The van der Waals surface area contributed by atoms with Gasteiger partial charge in [0.25, 0.3) is 5.71 Å². The fourth-order valence-electron chi connectivity index (χ4n) is 3.37. The Hall–Kier alpha value is -2.12. The van der Waals surface area contributed by atoms with Crippen LogP contribution in [0.4, 0.5) is 13.2 Å². The summed E-state index contributed by atoms with van der Waals surface area (Å²) in [5.41, 5.74) is -0.289. The third-order valence-corrected chi connectivity index (χ3v) is 4.60. The molecule has 0 N–H and O–H groups in total. The maximum Gasteiger partial charge on any atom is 0.417 e. The highest BCUT2D eigenvalue weighted by atomic mass is 19.4. The van der Waals surface area contributed by atoms with E-state index in [0.29, 0.717) is 38.0 Å². The van der Waals surface area contributed by atoms with Gasteiger partial charge in [-0.05, 0) is 32.3 Å². The Labute approximate surface area is 143 Å². The molecule has 1 amide bonds. The van der Waals surface area contributed by atoms with Crippen LogP contribution in [0, 0.1) is 6.92 Å². The monoisotopic (exact) mass is 355 g/mol. The number of carbonyl (C=O) groups excluding carboxylic acids is 1. The smallest absolute Gasteiger partial charge is 0.343 e. The van der Waals surface area contributed by atoms with Gasteiger partial charge in [0, 0.05) is 31.1 Å². The number of piperidine rings is 1. The van der Waals surface area contributed by atoms with Crippen molar-refractivity contribution in [3.05, 3.63) is 23.0 Å². The molecule has 1 fully saturated rings. The van der Waals surface area contributed by atoms with Crippen LogP contribution in [-0.2, 0) is 11.0 Å².